The van der Waals surface area contributed by atoms with E-state index in [1.165, 1.54) is 0 Å². The van der Waals surface area contributed by atoms with E-state index in [2.05, 4.69) is 20.9 Å². The van der Waals surface area contributed by atoms with Crippen molar-refractivity contribution < 1.29 is 24.3 Å². The largest absolute Gasteiger partial charge is 0.480 e. The molecule has 4 unspecified atom stereocenters. The first-order chi connectivity index (χ1) is 18.2. The van der Waals surface area contributed by atoms with Gasteiger partial charge in [0, 0.05) is 23.5 Å². The summed E-state index contributed by atoms with van der Waals surface area (Å²) in [5.74, 6) is -3.11. The van der Waals surface area contributed by atoms with Crippen LogP contribution < -0.4 is 21.7 Å². The molecule has 10 nitrogen and oxygen atoms in total. The Bertz CT molecular complexity index is 1260. The summed E-state index contributed by atoms with van der Waals surface area (Å²) >= 11 is 0. The number of carboxylic acid groups (broad SMARTS) is 1. The van der Waals surface area contributed by atoms with Gasteiger partial charge in [-0.25, -0.2) is 0 Å². The summed E-state index contributed by atoms with van der Waals surface area (Å²) in [5, 5.41) is 17.7. The van der Waals surface area contributed by atoms with Gasteiger partial charge in [-0.05, 0) is 29.5 Å². The van der Waals surface area contributed by atoms with Gasteiger partial charge >= 0.3 is 5.97 Å². The third kappa shape index (κ3) is 7.66. The summed E-state index contributed by atoms with van der Waals surface area (Å²) in [6.07, 6.45) is 2.77. The van der Waals surface area contributed by atoms with Gasteiger partial charge in [-0.3, -0.25) is 19.2 Å². The standard InChI is InChI=1S/C28H35N5O5/c1-3-17(2)25(33-26(36)21(29)13-18-9-5-4-6-10-18)28(38)32-23(27(37)31-16-24(34)35)14-19-15-30-22-12-8-7-11-20(19)22/h4-12,15,17,21,23,25,30H,3,13-14,16,29H2,1-2H3,(H,31,37)(H,32,38)(H,33,36)(H,34,35). The number of aliphatic carboxylic acids is 1. The second-order valence-corrected chi connectivity index (χ2v) is 9.40. The van der Waals surface area contributed by atoms with Crippen molar-refractivity contribution in [3.63, 3.8) is 0 Å². The van der Waals surface area contributed by atoms with Crippen LogP contribution in [-0.2, 0) is 32.0 Å². The fraction of sp³-hybridized carbons (Fsp3) is 0.357. The molecule has 7 N–H and O–H groups in total. The van der Waals surface area contributed by atoms with E-state index in [1.807, 2.05) is 68.4 Å². The smallest absolute Gasteiger partial charge is 0.322 e. The average molecular weight is 522 g/mol. The van der Waals surface area contributed by atoms with Crippen LogP contribution in [0.4, 0.5) is 0 Å². The number of para-hydroxylation sites is 1. The number of carboxylic acids is 1. The monoisotopic (exact) mass is 521 g/mol. The van der Waals surface area contributed by atoms with Crippen LogP contribution in [0.3, 0.4) is 0 Å². The summed E-state index contributed by atoms with van der Waals surface area (Å²) in [7, 11) is 0. The lowest BCUT2D eigenvalue weighted by Crippen LogP contribution is -2.58. The van der Waals surface area contributed by atoms with Gasteiger partial charge in [0.05, 0.1) is 6.04 Å². The summed E-state index contributed by atoms with van der Waals surface area (Å²) < 4.78 is 0. The Morgan fingerprint density at radius 3 is 2.29 bits per heavy atom. The van der Waals surface area contributed by atoms with Gasteiger partial charge in [-0.15, -0.1) is 0 Å². The highest BCUT2D eigenvalue weighted by atomic mass is 16.4. The van der Waals surface area contributed by atoms with E-state index < -0.39 is 48.4 Å². The molecule has 3 rings (SSSR count). The van der Waals surface area contributed by atoms with Crippen molar-refractivity contribution in [3.05, 3.63) is 71.9 Å². The van der Waals surface area contributed by atoms with E-state index in [0.29, 0.717) is 12.8 Å². The molecule has 10 heteroatoms. The highest BCUT2D eigenvalue weighted by Crippen LogP contribution is 2.19. The molecule has 0 spiro atoms. The van der Waals surface area contributed by atoms with E-state index >= 15 is 0 Å². The fourth-order valence-electron chi connectivity index (χ4n) is 4.20. The lowest BCUT2D eigenvalue weighted by Gasteiger charge is -2.27. The van der Waals surface area contributed by atoms with Gasteiger partial charge in [0.1, 0.15) is 18.6 Å². The van der Waals surface area contributed by atoms with Gasteiger partial charge in [0.15, 0.2) is 0 Å². The number of aromatic nitrogens is 1. The molecular formula is C28H35N5O5. The zero-order valence-corrected chi connectivity index (χ0v) is 21.6. The zero-order chi connectivity index (χ0) is 27.7. The van der Waals surface area contributed by atoms with Crippen molar-refractivity contribution in [2.75, 3.05) is 6.54 Å². The minimum Gasteiger partial charge on any atom is -0.480 e. The van der Waals surface area contributed by atoms with Crippen molar-refractivity contribution in [1.82, 2.24) is 20.9 Å². The molecule has 2 aromatic carbocycles. The van der Waals surface area contributed by atoms with Gasteiger partial charge in [0.25, 0.3) is 0 Å². The van der Waals surface area contributed by atoms with Crippen LogP contribution in [0.25, 0.3) is 10.9 Å². The molecule has 4 atom stereocenters. The van der Waals surface area contributed by atoms with Crippen LogP contribution in [0.15, 0.2) is 60.8 Å². The van der Waals surface area contributed by atoms with E-state index in [4.69, 9.17) is 10.8 Å². The van der Waals surface area contributed by atoms with Crippen molar-refractivity contribution in [3.8, 4) is 0 Å². The molecule has 0 fully saturated rings. The highest BCUT2D eigenvalue weighted by molar-refractivity contribution is 5.94. The number of fused-ring (bicyclic) bond motifs is 1. The average Bonchev–Trinajstić information content (AvgIpc) is 3.32. The lowest BCUT2D eigenvalue weighted by molar-refractivity contribution is -0.138. The third-order valence-corrected chi connectivity index (χ3v) is 6.57. The molecule has 1 aromatic heterocycles. The van der Waals surface area contributed by atoms with E-state index in [-0.39, 0.29) is 12.3 Å². The quantitative estimate of drug-likeness (QED) is 0.199. The molecule has 38 heavy (non-hydrogen) atoms. The van der Waals surface area contributed by atoms with Gasteiger partial charge in [-0.1, -0.05) is 68.8 Å². The van der Waals surface area contributed by atoms with Crippen molar-refractivity contribution >= 4 is 34.6 Å². The van der Waals surface area contributed by atoms with Crippen molar-refractivity contribution in [2.45, 2.75) is 51.2 Å². The number of hydrogen-bond acceptors (Lipinski definition) is 5. The Balaban J connectivity index is 1.77. The number of carbonyl (C=O) groups is 4. The predicted molar refractivity (Wildman–Crippen MR) is 144 cm³/mol. The number of rotatable bonds is 13. The van der Waals surface area contributed by atoms with Gasteiger partial charge < -0.3 is 31.8 Å². The molecule has 3 amide bonds. The van der Waals surface area contributed by atoms with Gasteiger partial charge in [0.2, 0.25) is 17.7 Å². The maximum atomic E-state index is 13.4. The Labute approximate surface area is 221 Å². The molecule has 0 aliphatic heterocycles. The Morgan fingerprint density at radius 1 is 0.921 bits per heavy atom. The molecule has 3 aromatic rings. The maximum Gasteiger partial charge on any atom is 0.322 e. The van der Waals surface area contributed by atoms with Gasteiger partial charge in [-0.2, -0.15) is 0 Å². The normalized spacial score (nSPS) is 14.2. The van der Waals surface area contributed by atoms with Crippen molar-refractivity contribution in [2.24, 2.45) is 11.7 Å². The summed E-state index contributed by atoms with van der Waals surface area (Å²) in [6.45, 7) is 3.13. The fourth-order valence-corrected chi connectivity index (χ4v) is 4.20. The number of amides is 3. The molecule has 0 bridgehead atoms. The minimum absolute atomic E-state index is 0.121. The first-order valence-electron chi connectivity index (χ1n) is 12.6. The maximum absolute atomic E-state index is 13.4. The molecule has 0 aliphatic carbocycles. The number of nitrogens with two attached hydrogens (primary N) is 1. The summed E-state index contributed by atoms with van der Waals surface area (Å²) in [4.78, 5) is 53.4. The van der Waals surface area contributed by atoms with Crippen LogP contribution >= 0.6 is 0 Å². The van der Waals surface area contributed by atoms with Crippen LogP contribution in [-0.4, -0.2) is 58.5 Å². The second-order valence-electron chi connectivity index (χ2n) is 9.40. The third-order valence-electron chi connectivity index (χ3n) is 6.57. The first kappa shape index (κ1) is 28.4. The minimum atomic E-state index is -1.20. The zero-order valence-electron chi connectivity index (χ0n) is 21.6. The molecule has 0 radical (unpaired) electrons. The topological polar surface area (TPSA) is 166 Å². The molecule has 0 saturated carbocycles. The highest BCUT2D eigenvalue weighted by Gasteiger charge is 2.31. The number of H-pyrrole nitrogens is 1. The van der Waals surface area contributed by atoms with Crippen LogP contribution in [0.5, 0.6) is 0 Å². The number of aromatic amines is 1. The molecule has 202 valence electrons. The SMILES string of the molecule is CCC(C)C(NC(=O)C(N)Cc1ccccc1)C(=O)NC(Cc1c[nH]c2ccccc12)C(=O)NCC(=O)O. The number of benzene rings is 2. The molecular weight excluding hydrogens is 486 g/mol. The Kier molecular flexibility index (Phi) is 10.0. The van der Waals surface area contributed by atoms with Crippen molar-refractivity contribution in [1.29, 1.82) is 0 Å². The first-order valence-corrected chi connectivity index (χ1v) is 12.6. The summed E-state index contributed by atoms with van der Waals surface area (Å²) in [5.41, 5.74) is 8.68. The summed E-state index contributed by atoms with van der Waals surface area (Å²) in [6, 6.07) is 14.0. The van der Waals surface area contributed by atoms with E-state index in [0.717, 1.165) is 22.0 Å². The van der Waals surface area contributed by atoms with Crippen LogP contribution in [0.1, 0.15) is 31.4 Å². The lowest BCUT2D eigenvalue weighted by atomic mass is 9.96. The number of carbonyl (C=O) groups excluding carboxylic acids is 3. The molecule has 0 aliphatic rings. The second kappa shape index (κ2) is 13.4. The predicted octanol–water partition coefficient (Wildman–Crippen LogP) is 1.50. The number of hydrogen-bond donors (Lipinski definition) is 6. The number of nitrogens with one attached hydrogen (secondary N) is 4. The van der Waals surface area contributed by atoms with E-state index in [9.17, 15) is 19.2 Å². The van der Waals surface area contributed by atoms with Crippen LogP contribution in [0, 0.1) is 5.92 Å². The van der Waals surface area contributed by atoms with E-state index in [1.54, 1.807) is 6.20 Å². The molecule has 0 saturated heterocycles. The molecule has 1 heterocycles. The Hall–Kier alpha value is -4.18. The Morgan fingerprint density at radius 2 is 1.61 bits per heavy atom. The van der Waals surface area contributed by atoms with Crippen LogP contribution in [0.2, 0.25) is 0 Å².